The lowest BCUT2D eigenvalue weighted by atomic mass is 9.89. The van der Waals surface area contributed by atoms with Crippen LogP contribution < -0.4 is 15.8 Å². The Kier molecular flexibility index (Phi) is 19.8. The third kappa shape index (κ3) is 16.5. The molecule has 0 unspecified atom stereocenters. The van der Waals surface area contributed by atoms with Crippen LogP contribution >= 0.6 is 0 Å². The Balaban J connectivity index is 0.000000371. The molecule has 6 rings (SSSR count). The number of aliphatic carboxylic acids is 6. The van der Waals surface area contributed by atoms with Crippen molar-refractivity contribution in [2.45, 2.75) is 37.8 Å². The van der Waals surface area contributed by atoms with Gasteiger partial charge >= 0.3 is 35.8 Å². The van der Waals surface area contributed by atoms with Crippen molar-refractivity contribution in [2.24, 2.45) is 0 Å². The average Bonchev–Trinajstić information content (AvgIpc) is 3.66. The number of rotatable bonds is 12. The number of carboxylic acid groups (broad SMARTS) is 6. The Bertz CT molecular complexity index is 2230. The number of carbonyl (C=O) groups is 7. The van der Waals surface area contributed by atoms with Crippen molar-refractivity contribution in [1.29, 1.82) is 0 Å². The molecule has 0 bridgehead atoms. The topological polar surface area (TPSA) is 325 Å². The minimum absolute atomic E-state index is 0.187. The molecule has 21 nitrogen and oxygen atoms in total. The first kappa shape index (κ1) is 50.4. The summed E-state index contributed by atoms with van der Waals surface area (Å²) in [6, 6.07) is 16.0. The monoisotopic (exact) mass is 887 g/mol. The van der Waals surface area contributed by atoms with Crippen LogP contribution in [0.2, 0.25) is 0 Å². The molecule has 0 spiro atoms. The molecule has 1 aliphatic carbocycles. The highest BCUT2D eigenvalue weighted by Crippen LogP contribution is 2.40. The minimum Gasteiger partial charge on any atom is -0.495 e. The third-order valence-electron chi connectivity index (χ3n) is 9.65. The van der Waals surface area contributed by atoms with Crippen LogP contribution in [0.15, 0.2) is 97.5 Å². The van der Waals surface area contributed by atoms with Crippen LogP contribution in [0.25, 0.3) is 22.2 Å². The molecule has 2 aliphatic rings. The largest absolute Gasteiger partial charge is 0.495 e. The van der Waals surface area contributed by atoms with Crippen LogP contribution in [0.4, 0.5) is 11.5 Å². The van der Waals surface area contributed by atoms with Crippen molar-refractivity contribution in [3.63, 3.8) is 0 Å². The molecule has 2 fully saturated rings. The van der Waals surface area contributed by atoms with E-state index in [1.54, 1.807) is 25.6 Å². The number of nitrogens with zero attached hydrogens (tertiary/aromatic N) is 5. The molecule has 340 valence electrons. The number of ether oxygens (including phenoxy) is 1. The van der Waals surface area contributed by atoms with Crippen LogP contribution in [0.1, 0.15) is 42.1 Å². The fraction of sp³-hybridized carbons (Fsp3) is 0.279. The van der Waals surface area contributed by atoms with E-state index in [-0.39, 0.29) is 5.91 Å². The number of anilines is 2. The number of fused-ring (bicyclic) bond motifs is 1. The fourth-order valence-corrected chi connectivity index (χ4v) is 6.67. The average molecular weight is 888 g/mol. The molecule has 21 heteroatoms. The van der Waals surface area contributed by atoms with Gasteiger partial charge in [0.2, 0.25) is 0 Å². The minimum atomic E-state index is -1.26. The van der Waals surface area contributed by atoms with Gasteiger partial charge in [-0.1, -0.05) is 24.3 Å². The fourth-order valence-electron chi connectivity index (χ4n) is 6.67. The summed E-state index contributed by atoms with van der Waals surface area (Å²) in [7, 11) is 3.82. The molecule has 0 atom stereocenters. The van der Waals surface area contributed by atoms with Gasteiger partial charge in [0.1, 0.15) is 23.5 Å². The van der Waals surface area contributed by atoms with Crippen molar-refractivity contribution in [1.82, 2.24) is 24.3 Å². The van der Waals surface area contributed by atoms with Gasteiger partial charge in [-0.15, -0.1) is 0 Å². The molecular formula is C43H49N7O14. The van der Waals surface area contributed by atoms with Crippen LogP contribution in [-0.2, 0) is 28.8 Å². The predicted octanol–water partition coefficient (Wildman–Crippen LogP) is 3.81. The van der Waals surface area contributed by atoms with E-state index in [2.05, 4.69) is 42.9 Å². The quantitative estimate of drug-likeness (QED) is 0.0938. The molecule has 1 saturated heterocycles. The first-order chi connectivity index (χ1) is 30.4. The zero-order valence-corrected chi connectivity index (χ0v) is 34.8. The normalized spacial score (nSPS) is 16.3. The van der Waals surface area contributed by atoms with E-state index >= 15 is 0 Å². The summed E-state index contributed by atoms with van der Waals surface area (Å²) in [5.41, 5.74) is 10.4. The van der Waals surface area contributed by atoms with Gasteiger partial charge < -0.3 is 55.9 Å². The first-order valence-electron chi connectivity index (χ1n) is 19.4. The standard InChI is InChI=1S/C31H37N7O2.3C4H4O4/c1-36-14-16-37(17-15-36)23-9-11-24(12-10-23)38-19-25(28-29(32)33-20-34-30(28)38)22-8-13-26(27(18-22)40-2)35-31(39)21-6-4-3-5-7-21;3*5-3(6)1-2-4(7)8/h3-8,13,18-20,23-24H,9-12,14-17H2,1-2H3,(H,35,39)(H2,32,33,34);3*1-2H,(H,5,6)(H,7,8)/b;3*2-1-. The maximum Gasteiger partial charge on any atom is 0.328 e. The molecule has 64 heavy (non-hydrogen) atoms. The number of hydrogen-bond acceptors (Lipinski definition) is 13. The lowest BCUT2D eigenvalue weighted by molar-refractivity contribution is -0.134. The number of nitrogens with two attached hydrogens (primary N) is 1. The van der Waals surface area contributed by atoms with E-state index in [1.165, 1.54) is 12.8 Å². The van der Waals surface area contributed by atoms with Crippen LogP contribution in [0, 0.1) is 0 Å². The number of hydrogen-bond donors (Lipinski definition) is 8. The Morgan fingerprint density at radius 3 is 1.64 bits per heavy atom. The second kappa shape index (κ2) is 25.1. The smallest absolute Gasteiger partial charge is 0.328 e. The maximum absolute atomic E-state index is 12.8. The second-order valence-corrected chi connectivity index (χ2v) is 14.0. The number of nitrogen functional groups attached to an aromatic ring is 1. The van der Waals surface area contributed by atoms with E-state index in [0.29, 0.717) is 71.4 Å². The van der Waals surface area contributed by atoms with Crippen molar-refractivity contribution in [3.05, 3.63) is 103 Å². The summed E-state index contributed by atoms with van der Waals surface area (Å²) in [6.45, 7) is 4.63. The number of likely N-dealkylation sites (N-methyl/N-ethyl adjacent to an activating group) is 1. The predicted molar refractivity (Wildman–Crippen MR) is 232 cm³/mol. The zero-order chi connectivity index (χ0) is 47.3. The van der Waals surface area contributed by atoms with Crippen molar-refractivity contribution in [3.8, 4) is 16.9 Å². The third-order valence-corrected chi connectivity index (χ3v) is 9.65. The number of nitrogens with one attached hydrogen (secondary N) is 1. The summed E-state index contributed by atoms with van der Waals surface area (Å²) in [6.07, 6.45) is 11.7. The van der Waals surface area contributed by atoms with Gasteiger partial charge in [-0.05, 0) is 62.6 Å². The molecule has 1 amide bonds. The summed E-state index contributed by atoms with van der Waals surface area (Å²) in [5, 5.41) is 50.7. The summed E-state index contributed by atoms with van der Waals surface area (Å²) in [5.74, 6) is -6.69. The molecular weight excluding hydrogens is 839 g/mol. The van der Waals surface area contributed by atoms with Gasteiger partial charge in [-0.3, -0.25) is 9.69 Å². The lowest BCUT2D eigenvalue weighted by Crippen LogP contribution is -2.49. The van der Waals surface area contributed by atoms with Crippen LogP contribution in [0.5, 0.6) is 5.75 Å². The summed E-state index contributed by atoms with van der Waals surface area (Å²) >= 11 is 0. The Morgan fingerprint density at radius 2 is 1.17 bits per heavy atom. The molecule has 3 heterocycles. The number of carboxylic acids is 6. The molecule has 1 saturated carbocycles. The maximum atomic E-state index is 12.8. The molecule has 4 aromatic rings. The van der Waals surface area contributed by atoms with Gasteiger partial charge in [-0.25, -0.2) is 38.7 Å². The zero-order valence-electron chi connectivity index (χ0n) is 34.8. The van der Waals surface area contributed by atoms with E-state index in [0.717, 1.165) is 61.2 Å². The van der Waals surface area contributed by atoms with E-state index in [4.69, 9.17) is 41.1 Å². The van der Waals surface area contributed by atoms with E-state index < -0.39 is 35.8 Å². The van der Waals surface area contributed by atoms with Gasteiger partial charge in [0.25, 0.3) is 5.91 Å². The second-order valence-electron chi connectivity index (χ2n) is 14.0. The van der Waals surface area contributed by atoms with Crippen LogP contribution in [-0.4, -0.2) is 143 Å². The lowest BCUT2D eigenvalue weighted by Gasteiger charge is -2.41. The summed E-state index contributed by atoms with van der Waals surface area (Å²) in [4.78, 5) is 84.2. The van der Waals surface area contributed by atoms with Crippen molar-refractivity contribution >= 4 is 64.3 Å². The Morgan fingerprint density at radius 1 is 0.688 bits per heavy atom. The number of methoxy groups -OCH3 is 1. The first-order valence-corrected chi connectivity index (χ1v) is 19.4. The summed E-state index contributed by atoms with van der Waals surface area (Å²) < 4.78 is 8.00. The molecule has 2 aromatic heterocycles. The van der Waals surface area contributed by atoms with Gasteiger partial charge in [-0.2, -0.15) is 0 Å². The molecule has 2 aromatic carbocycles. The Labute approximate surface area is 366 Å². The number of piperazine rings is 1. The SMILES string of the molecule is COc1cc(-c2cn(C3CCC(N4CCN(C)CC4)CC3)c3ncnc(N)c23)ccc1NC(=O)c1ccccc1.O=C(O)/C=C\C(=O)O.O=C(O)/C=C\C(=O)O.O=C(O)/C=C\C(=O)O. The van der Waals surface area contributed by atoms with Crippen molar-refractivity contribution in [2.75, 3.05) is 51.4 Å². The number of carbonyl (C=O) groups excluding carboxylic acids is 1. The highest BCUT2D eigenvalue weighted by molar-refractivity contribution is 6.06. The van der Waals surface area contributed by atoms with Gasteiger partial charge in [0.15, 0.2) is 0 Å². The Hall–Kier alpha value is -7.91. The number of benzene rings is 2. The van der Waals surface area contributed by atoms with Gasteiger partial charge in [0.05, 0.1) is 18.2 Å². The highest BCUT2D eigenvalue weighted by Gasteiger charge is 2.30. The van der Waals surface area contributed by atoms with Crippen molar-refractivity contribution < 1.29 is 68.9 Å². The highest BCUT2D eigenvalue weighted by atomic mass is 16.5. The van der Waals surface area contributed by atoms with E-state index in [1.807, 2.05) is 36.4 Å². The number of aromatic nitrogens is 3. The van der Waals surface area contributed by atoms with Crippen LogP contribution in [0.3, 0.4) is 0 Å². The van der Waals surface area contributed by atoms with E-state index in [9.17, 15) is 33.6 Å². The van der Waals surface area contributed by atoms with Gasteiger partial charge in [0, 0.05) is 92.0 Å². The number of amides is 1. The molecule has 1 aliphatic heterocycles. The molecule has 0 radical (unpaired) electrons. The molecule has 9 N–H and O–H groups in total.